The molecule has 0 aliphatic carbocycles. The van der Waals surface area contributed by atoms with Gasteiger partial charge in [0.25, 0.3) is 0 Å². The lowest BCUT2D eigenvalue weighted by molar-refractivity contribution is -0.116. The molecule has 0 unspecified atom stereocenters. The fourth-order valence-electron chi connectivity index (χ4n) is 3.26. The summed E-state index contributed by atoms with van der Waals surface area (Å²) in [6.45, 7) is 6.90. The van der Waals surface area contributed by atoms with Crippen LogP contribution in [0.15, 0.2) is 29.0 Å². The van der Waals surface area contributed by atoms with Crippen LogP contribution in [-0.4, -0.2) is 45.6 Å². The molecule has 2 aromatic heterocycles. The number of piperidine rings is 1. The Morgan fingerprint density at radius 1 is 1.46 bits per heavy atom. The Morgan fingerprint density at radius 3 is 3.12 bits per heavy atom. The van der Waals surface area contributed by atoms with E-state index >= 15 is 0 Å². The van der Waals surface area contributed by atoms with Gasteiger partial charge >= 0.3 is 0 Å². The molecule has 3 rings (SSSR count). The van der Waals surface area contributed by atoms with Crippen molar-refractivity contribution in [3.05, 3.63) is 36.2 Å². The minimum Gasteiger partial charge on any atom is -0.339 e. The summed E-state index contributed by atoms with van der Waals surface area (Å²) in [5, 5.41) is 6.98. The molecule has 0 saturated carbocycles. The van der Waals surface area contributed by atoms with E-state index in [1.54, 1.807) is 12.4 Å². The first-order chi connectivity index (χ1) is 12.6. The van der Waals surface area contributed by atoms with Crippen LogP contribution < -0.4 is 5.32 Å². The SMILES string of the molecule is CC(C)Cc1noc([C@H]2CCCN(CCC(=O)Nc3cccnc3)C2)n1. The number of aromatic nitrogens is 3. The van der Waals surface area contributed by atoms with Gasteiger partial charge in [-0.15, -0.1) is 0 Å². The molecule has 1 saturated heterocycles. The van der Waals surface area contributed by atoms with Gasteiger partial charge < -0.3 is 14.7 Å². The molecule has 26 heavy (non-hydrogen) atoms. The number of pyridine rings is 1. The normalized spacial score (nSPS) is 18.2. The molecule has 7 heteroatoms. The molecule has 1 aliphatic heterocycles. The predicted molar refractivity (Wildman–Crippen MR) is 98.7 cm³/mol. The molecular weight excluding hydrogens is 330 g/mol. The summed E-state index contributed by atoms with van der Waals surface area (Å²) in [5.74, 6) is 2.32. The van der Waals surface area contributed by atoms with Gasteiger partial charge in [-0.05, 0) is 37.4 Å². The molecule has 140 valence electrons. The van der Waals surface area contributed by atoms with Crippen LogP contribution in [0.25, 0.3) is 0 Å². The number of anilines is 1. The summed E-state index contributed by atoms with van der Waals surface area (Å²) in [7, 11) is 0. The Balaban J connectivity index is 1.47. The van der Waals surface area contributed by atoms with Gasteiger partial charge in [-0.2, -0.15) is 4.98 Å². The van der Waals surface area contributed by atoms with Crippen molar-refractivity contribution in [3.63, 3.8) is 0 Å². The zero-order valence-electron chi connectivity index (χ0n) is 15.5. The molecule has 0 spiro atoms. The van der Waals surface area contributed by atoms with Crippen molar-refractivity contribution in [3.8, 4) is 0 Å². The average molecular weight is 357 g/mol. The molecule has 1 aliphatic rings. The van der Waals surface area contributed by atoms with Crippen LogP contribution in [0.5, 0.6) is 0 Å². The molecule has 1 fully saturated rings. The molecule has 1 atom stereocenters. The van der Waals surface area contributed by atoms with Gasteiger partial charge in [-0.25, -0.2) is 0 Å². The van der Waals surface area contributed by atoms with E-state index in [2.05, 4.69) is 39.2 Å². The van der Waals surface area contributed by atoms with Gasteiger partial charge in [-0.3, -0.25) is 9.78 Å². The van der Waals surface area contributed by atoms with Gasteiger partial charge in [0.1, 0.15) is 0 Å². The third kappa shape index (κ3) is 5.36. The lowest BCUT2D eigenvalue weighted by Crippen LogP contribution is -2.36. The summed E-state index contributed by atoms with van der Waals surface area (Å²) in [4.78, 5) is 23.0. The summed E-state index contributed by atoms with van der Waals surface area (Å²) in [5.41, 5.74) is 0.734. The van der Waals surface area contributed by atoms with Gasteiger partial charge in [0.05, 0.1) is 17.8 Å². The summed E-state index contributed by atoms with van der Waals surface area (Å²) in [6.07, 6.45) is 6.78. The van der Waals surface area contributed by atoms with E-state index in [1.165, 1.54) is 0 Å². The van der Waals surface area contributed by atoms with Crippen molar-refractivity contribution in [2.45, 2.75) is 45.4 Å². The smallest absolute Gasteiger partial charge is 0.231 e. The van der Waals surface area contributed by atoms with Crippen LogP contribution in [0.3, 0.4) is 0 Å². The summed E-state index contributed by atoms with van der Waals surface area (Å²) < 4.78 is 5.48. The topological polar surface area (TPSA) is 84.2 Å². The number of carbonyl (C=O) groups is 1. The van der Waals surface area contributed by atoms with Crippen molar-refractivity contribution in [2.24, 2.45) is 5.92 Å². The number of carbonyl (C=O) groups excluding carboxylic acids is 1. The summed E-state index contributed by atoms with van der Waals surface area (Å²) >= 11 is 0. The van der Waals surface area contributed by atoms with Crippen LogP contribution >= 0.6 is 0 Å². The van der Waals surface area contributed by atoms with Gasteiger partial charge in [0.15, 0.2) is 5.82 Å². The number of nitrogens with one attached hydrogen (secondary N) is 1. The highest BCUT2D eigenvalue weighted by Crippen LogP contribution is 2.26. The highest BCUT2D eigenvalue weighted by Gasteiger charge is 2.26. The van der Waals surface area contributed by atoms with Crippen molar-refractivity contribution in [1.29, 1.82) is 0 Å². The van der Waals surface area contributed by atoms with Crippen molar-refractivity contribution in [1.82, 2.24) is 20.0 Å². The number of hydrogen-bond acceptors (Lipinski definition) is 6. The lowest BCUT2D eigenvalue weighted by atomic mass is 9.98. The number of likely N-dealkylation sites (tertiary alicyclic amines) is 1. The van der Waals surface area contributed by atoms with Crippen LogP contribution in [0.1, 0.15) is 50.7 Å². The van der Waals surface area contributed by atoms with E-state index in [-0.39, 0.29) is 11.8 Å². The second-order valence-corrected chi connectivity index (χ2v) is 7.33. The Kier molecular flexibility index (Phi) is 6.33. The molecular formula is C19H27N5O2. The zero-order valence-corrected chi connectivity index (χ0v) is 15.5. The number of amides is 1. The van der Waals surface area contributed by atoms with Crippen LogP contribution in [-0.2, 0) is 11.2 Å². The first kappa shape index (κ1) is 18.5. The average Bonchev–Trinajstić information content (AvgIpc) is 3.09. The van der Waals surface area contributed by atoms with E-state index in [1.807, 2.05) is 12.1 Å². The highest BCUT2D eigenvalue weighted by atomic mass is 16.5. The van der Waals surface area contributed by atoms with Crippen LogP contribution in [0.4, 0.5) is 5.69 Å². The Morgan fingerprint density at radius 2 is 2.35 bits per heavy atom. The van der Waals surface area contributed by atoms with Crippen molar-refractivity contribution < 1.29 is 9.32 Å². The fourth-order valence-corrected chi connectivity index (χ4v) is 3.26. The van der Waals surface area contributed by atoms with E-state index in [9.17, 15) is 4.79 Å². The molecule has 1 amide bonds. The molecule has 7 nitrogen and oxygen atoms in total. The van der Waals surface area contributed by atoms with Crippen LogP contribution in [0.2, 0.25) is 0 Å². The van der Waals surface area contributed by atoms with Gasteiger partial charge in [0.2, 0.25) is 11.8 Å². The standard InChI is InChI=1S/C19H27N5O2/c1-14(2)11-17-22-19(26-23-17)15-5-4-9-24(13-15)10-7-18(25)21-16-6-3-8-20-12-16/h3,6,8,12,14-15H,4-5,7,9-11,13H2,1-2H3,(H,21,25)/t15-/m0/s1. The number of nitrogens with zero attached hydrogens (tertiary/aromatic N) is 4. The molecule has 0 bridgehead atoms. The quantitative estimate of drug-likeness (QED) is 0.820. The molecule has 3 heterocycles. The molecule has 0 aromatic carbocycles. The maximum Gasteiger partial charge on any atom is 0.231 e. The molecule has 0 radical (unpaired) electrons. The monoisotopic (exact) mass is 357 g/mol. The van der Waals surface area contributed by atoms with Crippen molar-refractivity contribution in [2.75, 3.05) is 25.0 Å². The minimum absolute atomic E-state index is 0.0112. The zero-order chi connectivity index (χ0) is 18.4. The van der Waals surface area contributed by atoms with E-state index in [4.69, 9.17) is 4.52 Å². The first-order valence-electron chi connectivity index (χ1n) is 9.35. The maximum absolute atomic E-state index is 12.1. The van der Waals surface area contributed by atoms with Gasteiger partial charge in [0, 0.05) is 32.1 Å². The number of hydrogen-bond donors (Lipinski definition) is 1. The lowest BCUT2D eigenvalue weighted by Gasteiger charge is -2.30. The Labute approximate surface area is 154 Å². The van der Waals surface area contributed by atoms with E-state index < -0.39 is 0 Å². The van der Waals surface area contributed by atoms with E-state index in [0.717, 1.165) is 56.3 Å². The molecule has 2 aromatic rings. The van der Waals surface area contributed by atoms with Crippen LogP contribution in [0, 0.1) is 5.92 Å². The predicted octanol–water partition coefficient (Wildman–Crippen LogP) is 2.87. The molecule has 1 N–H and O–H groups in total. The largest absolute Gasteiger partial charge is 0.339 e. The first-order valence-corrected chi connectivity index (χ1v) is 9.35. The maximum atomic E-state index is 12.1. The van der Waals surface area contributed by atoms with E-state index in [0.29, 0.717) is 12.3 Å². The Hall–Kier alpha value is -2.28. The second kappa shape index (κ2) is 8.89. The minimum atomic E-state index is 0.0112. The highest BCUT2D eigenvalue weighted by molar-refractivity contribution is 5.90. The fraction of sp³-hybridized carbons (Fsp3) is 0.579. The summed E-state index contributed by atoms with van der Waals surface area (Å²) in [6, 6.07) is 3.65. The second-order valence-electron chi connectivity index (χ2n) is 7.33. The third-order valence-electron chi connectivity index (χ3n) is 4.53. The van der Waals surface area contributed by atoms with Crippen molar-refractivity contribution >= 4 is 11.6 Å². The Bertz CT molecular complexity index is 701. The van der Waals surface area contributed by atoms with Gasteiger partial charge in [-0.1, -0.05) is 19.0 Å². The third-order valence-corrected chi connectivity index (χ3v) is 4.53. The number of rotatable bonds is 7.